The molecule has 1 aromatic carbocycles. The summed E-state index contributed by atoms with van der Waals surface area (Å²) < 4.78 is 13.3. The summed E-state index contributed by atoms with van der Waals surface area (Å²) in [7, 11) is 0. The molecule has 0 saturated carbocycles. The van der Waals surface area contributed by atoms with Crippen molar-refractivity contribution in [2.24, 2.45) is 0 Å². The van der Waals surface area contributed by atoms with Gasteiger partial charge in [0, 0.05) is 41.9 Å². The van der Waals surface area contributed by atoms with Crippen molar-refractivity contribution in [2.75, 3.05) is 18.0 Å². The standard InChI is InChI=1S/C18H16FN3/c19-14-3-4-16-17(12-21-18(16)10-14)13-5-8-22(9-6-13)15-2-1-7-20-11-15/h1-5,7,10-12,21H,6,8-9H2. The van der Waals surface area contributed by atoms with Gasteiger partial charge in [-0.25, -0.2) is 4.39 Å². The quantitative estimate of drug-likeness (QED) is 0.774. The van der Waals surface area contributed by atoms with E-state index in [9.17, 15) is 4.39 Å². The van der Waals surface area contributed by atoms with Crippen molar-refractivity contribution in [3.8, 4) is 0 Å². The molecule has 1 N–H and O–H groups in total. The molecule has 0 atom stereocenters. The Hall–Kier alpha value is -2.62. The van der Waals surface area contributed by atoms with E-state index in [-0.39, 0.29) is 5.82 Å². The summed E-state index contributed by atoms with van der Waals surface area (Å²) in [5, 5.41) is 1.09. The molecule has 4 rings (SSSR count). The van der Waals surface area contributed by atoms with Gasteiger partial charge in [0.05, 0.1) is 11.9 Å². The molecule has 0 unspecified atom stereocenters. The van der Waals surface area contributed by atoms with Crippen LogP contribution in [0.4, 0.5) is 10.1 Å². The highest BCUT2D eigenvalue weighted by atomic mass is 19.1. The summed E-state index contributed by atoms with van der Waals surface area (Å²) in [6.45, 7) is 1.83. The molecule has 4 heteroatoms. The average molecular weight is 293 g/mol. The highest BCUT2D eigenvalue weighted by molar-refractivity contribution is 5.93. The van der Waals surface area contributed by atoms with E-state index in [0.717, 1.165) is 36.1 Å². The van der Waals surface area contributed by atoms with Crippen LogP contribution in [0.2, 0.25) is 0 Å². The van der Waals surface area contributed by atoms with Crippen LogP contribution in [0.25, 0.3) is 16.5 Å². The Morgan fingerprint density at radius 2 is 2.18 bits per heavy atom. The number of aromatic amines is 1. The Kier molecular flexibility index (Phi) is 3.15. The lowest BCUT2D eigenvalue weighted by Crippen LogP contribution is -2.28. The fraction of sp³-hybridized carbons (Fsp3) is 0.167. The van der Waals surface area contributed by atoms with Gasteiger partial charge in [0.25, 0.3) is 0 Å². The fourth-order valence-electron chi connectivity index (χ4n) is 3.05. The molecule has 1 aliphatic heterocycles. The lowest BCUT2D eigenvalue weighted by molar-refractivity contribution is 0.629. The van der Waals surface area contributed by atoms with Gasteiger partial charge >= 0.3 is 0 Å². The molecule has 0 aliphatic carbocycles. The third kappa shape index (κ3) is 2.26. The molecule has 0 bridgehead atoms. The first-order valence-corrected chi connectivity index (χ1v) is 7.42. The smallest absolute Gasteiger partial charge is 0.125 e. The molecule has 0 amide bonds. The number of fused-ring (bicyclic) bond motifs is 1. The number of aromatic nitrogens is 2. The second-order valence-corrected chi connectivity index (χ2v) is 5.53. The molecular weight excluding hydrogens is 277 g/mol. The molecule has 0 saturated heterocycles. The van der Waals surface area contributed by atoms with E-state index in [0.29, 0.717) is 0 Å². The molecule has 3 aromatic rings. The van der Waals surface area contributed by atoms with Crippen LogP contribution in [-0.4, -0.2) is 23.1 Å². The van der Waals surface area contributed by atoms with Gasteiger partial charge in [-0.1, -0.05) is 6.08 Å². The van der Waals surface area contributed by atoms with Crippen LogP contribution >= 0.6 is 0 Å². The summed E-state index contributed by atoms with van der Waals surface area (Å²) in [6.07, 6.45) is 8.89. The zero-order valence-electron chi connectivity index (χ0n) is 12.1. The van der Waals surface area contributed by atoms with Crippen molar-refractivity contribution < 1.29 is 4.39 Å². The topological polar surface area (TPSA) is 31.9 Å². The number of nitrogens with one attached hydrogen (secondary N) is 1. The lowest BCUT2D eigenvalue weighted by atomic mass is 9.98. The van der Waals surface area contributed by atoms with Crippen LogP contribution in [0.5, 0.6) is 0 Å². The van der Waals surface area contributed by atoms with E-state index >= 15 is 0 Å². The summed E-state index contributed by atoms with van der Waals surface area (Å²) >= 11 is 0. The Labute approximate surface area is 128 Å². The van der Waals surface area contributed by atoms with Crippen molar-refractivity contribution in [3.63, 3.8) is 0 Å². The molecule has 3 nitrogen and oxygen atoms in total. The number of halogens is 1. The van der Waals surface area contributed by atoms with Gasteiger partial charge in [-0.05, 0) is 42.3 Å². The van der Waals surface area contributed by atoms with E-state index in [1.54, 1.807) is 12.3 Å². The minimum Gasteiger partial charge on any atom is -0.366 e. The van der Waals surface area contributed by atoms with Crippen molar-refractivity contribution >= 4 is 22.2 Å². The fourth-order valence-corrected chi connectivity index (χ4v) is 3.05. The predicted molar refractivity (Wildman–Crippen MR) is 87.3 cm³/mol. The van der Waals surface area contributed by atoms with Crippen molar-refractivity contribution in [1.82, 2.24) is 9.97 Å². The van der Waals surface area contributed by atoms with Gasteiger partial charge in [-0.3, -0.25) is 4.98 Å². The van der Waals surface area contributed by atoms with E-state index in [1.807, 2.05) is 24.5 Å². The molecule has 2 aromatic heterocycles. The molecule has 3 heterocycles. The number of benzene rings is 1. The van der Waals surface area contributed by atoms with Gasteiger partial charge in [-0.15, -0.1) is 0 Å². The van der Waals surface area contributed by atoms with Gasteiger partial charge in [0.2, 0.25) is 0 Å². The molecule has 1 aliphatic rings. The van der Waals surface area contributed by atoms with Gasteiger partial charge in [0.15, 0.2) is 0 Å². The summed E-state index contributed by atoms with van der Waals surface area (Å²) in [6, 6.07) is 8.96. The first-order chi connectivity index (χ1) is 10.8. The Balaban J connectivity index is 1.63. The third-order valence-electron chi connectivity index (χ3n) is 4.21. The van der Waals surface area contributed by atoms with E-state index < -0.39 is 0 Å². The van der Waals surface area contributed by atoms with Crippen molar-refractivity contribution in [3.05, 3.63) is 66.4 Å². The maximum Gasteiger partial charge on any atom is 0.125 e. The average Bonchev–Trinajstić information content (AvgIpc) is 2.99. The first-order valence-electron chi connectivity index (χ1n) is 7.42. The molecule has 22 heavy (non-hydrogen) atoms. The largest absolute Gasteiger partial charge is 0.366 e. The Morgan fingerprint density at radius 3 is 2.95 bits per heavy atom. The van der Waals surface area contributed by atoms with Crippen molar-refractivity contribution in [1.29, 1.82) is 0 Å². The minimum absolute atomic E-state index is 0.207. The number of anilines is 1. The molecule has 110 valence electrons. The van der Waals surface area contributed by atoms with E-state index in [1.165, 1.54) is 17.2 Å². The highest BCUT2D eigenvalue weighted by Gasteiger charge is 2.16. The van der Waals surface area contributed by atoms with Crippen LogP contribution in [0.15, 0.2) is 55.0 Å². The maximum atomic E-state index is 13.3. The molecule has 0 spiro atoms. The number of hydrogen-bond donors (Lipinski definition) is 1. The molecular formula is C18H16FN3. The first kappa shape index (κ1) is 13.1. The maximum absolute atomic E-state index is 13.3. The van der Waals surface area contributed by atoms with Crippen LogP contribution in [0, 0.1) is 5.82 Å². The number of rotatable bonds is 2. The van der Waals surface area contributed by atoms with E-state index in [2.05, 4.69) is 27.0 Å². The summed E-state index contributed by atoms with van der Waals surface area (Å²) in [4.78, 5) is 9.65. The second-order valence-electron chi connectivity index (χ2n) is 5.53. The zero-order chi connectivity index (χ0) is 14.9. The normalized spacial score (nSPS) is 15.1. The SMILES string of the molecule is Fc1ccc2c(C3=CCN(c4cccnc4)CC3)c[nH]c2c1. The van der Waals surface area contributed by atoms with Gasteiger partial charge < -0.3 is 9.88 Å². The van der Waals surface area contributed by atoms with E-state index in [4.69, 9.17) is 0 Å². The van der Waals surface area contributed by atoms with Crippen LogP contribution in [-0.2, 0) is 0 Å². The predicted octanol–water partition coefficient (Wildman–Crippen LogP) is 4.00. The zero-order valence-corrected chi connectivity index (χ0v) is 12.1. The lowest BCUT2D eigenvalue weighted by Gasteiger charge is -2.28. The number of hydrogen-bond acceptors (Lipinski definition) is 2. The van der Waals surface area contributed by atoms with Crippen LogP contribution in [0.1, 0.15) is 12.0 Å². The summed E-state index contributed by atoms with van der Waals surface area (Å²) in [5.74, 6) is -0.207. The van der Waals surface area contributed by atoms with Gasteiger partial charge in [-0.2, -0.15) is 0 Å². The summed E-state index contributed by atoms with van der Waals surface area (Å²) in [5.41, 5.74) is 4.50. The van der Waals surface area contributed by atoms with Crippen LogP contribution in [0.3, 0.4) is 0 Å². The van der Waals surface area contributed by atoms with Crippen LogP contribution < -0.4 is 4.90 Å². The number of nitrogens with zero attached hydrogens (tertiary/aromatic N) is 2. The molecule has 0 radical (unpaired) electrons. The second kappa shape index (κ2) is 5.30. The van der Waals surface area contributed by atoms with Crippen molar-refractivity contribution in [2.45, 2.75) is 6.42 Å². The Bertz CT molecular complexity index is 836. The third-order valence-corrected chi connectivity index (χ3v) is 4.21. The monoisotopic (exact) mass is 293 g/mol. The highest BCUT2D eigenvalue weighted by Crippen LogP contribution is 2.30. The number of pyridine rings is 1. The molecule has 0 fully saturated rings. The minimum atomic E-state index is -0.207. The van der Waals surface area contributed by atoms with Gasteiger partial charge in [0.1, 0.15) is 5.82 Å². The number of H-pyrrole nitrogens is 1. The Morgan fingerprint density at radius 1 is 1.23 bits per heavy atom.